The molecular weight excluding hydrogens is 370 g/mol. The Morgan fingerprint density at radius 3 is 2.40 bits per heavy atom. The molecule has 4 nitrogen and oxygen atoms in total. The Morgan fingerprint density at radius 2 is 1.60 bits per heavy atom. The molecule has 0 radical (unpaired) electrons. The van der Waals surface area contributed by atoms with Gasteiger partial charge in [-0.1, -0.05) is 66.7 Å². The van der Waals surface area contributed by atoms with Crippen LogP contribution < -0.4 is 5.32 Å². The van der Waals surface area contributed by atoms with Crippen LogP contribution in [0.5, 0.6) is 0 Å². The highest BCUT2D eigenvalue weighted by Gasteiger charge is 2.28. The van der Waals surface area contributed by atoms with Gasteiger partial charge < -0.3 is 10.2 Å². The Labute approximate surface area is 176 Å². The minimum Gasteiger partial charge on any atom is -0.380 e. The normalized spacial score (nSPS) is 16.0. The molecule has 4 aromatic rings. The summed E-state index contributed by atoms with van der Waals surface area (Å²) < 4.78 is 0. The number of para-hydroxylation sites is 2. The van der Waals surface area contributed by atoms with Crippen LogP contribution in [0.25, 0.3) is 22.2 Å². The molecule has 1 atom stereocenters. The SMILES string of the molecule is O=C(c1cc(-c2ccccc2)nc2ccccc12)N1CCC(Nc2ccccc2)C1. The van der Waals surface area contributed by atoms with Crippen LogP contribution in [0, 0.1) is 0 Å². The van der Waals surface area contributed by atoms with E-state index in [0.717, 1.165) is 46.4 Å². The first-order valence-electron chi connectivity index (χ1n) is 10.3. The maximum absolute atomic E-state index is 13.5. The molecule has 3 aromatic carbocycles. The average molecular weight is 393 g/mol. The Morgan fingerprint density at radius 1 is 0.900 bits per heavy atom. The summed E-state index contributed by atoms with van der Waals surface area (Å²) in [6.45, 7) is 1.45. The summed E-state index contributed by atoms with van der Waals surface area (Å²) in [4.78, 5) is 20.3. The first-order valence-corrected chi connectivity index (χ1v) is 10.3. The number of anilines is 1. The van der Waals surface area contributed by atoms with Gasteiger partial charge in [-0.05, 0) is 30.7 Å². The van der Waals surface area contributed by atoms with Crippen molar-refractivity contribution in [3.63, 3.8) is 0 Å². The van der Waals surface area contributed by atoms with E-state index in [9.17, 15) is 4.79 Å². The maximum Gasteiger partial charge on any atom is 0.254 e. The second-order valence-electron chi connectivity index (χ2n) is 7.69. The number of carbonyl (C=O) groups is 1. The summed E-state index contributed by atoms with van der Waals surface area (Å²) >= 11 is 0. The highest BCUT2D eigenvalue weighted by Crippen LogP contribution is 2.27. The molecular formula is C26H23N3O. The van der Waals surface area contributed by atoms with Gasteiger partial charge >= 0.3 is 0 Å². The molecule has 1 amide bonds. The fraction of sp³-hybridized carbons (Fsp3) is 0.154. The van der Waals surface area contributed by atoms with E-state index in [-0.39, 0.29) is 11.9 Å². The second-order valence-corrected chi connectivity index (χ2v) is 7.69. The number of likely N-dealkylation sites (tertiary alicyclic amines) is 1. The number of hydrogen-bond acceptors (Lipinski definition) is 3. The molecule has 1 aliphatic rings. The molecule has 1 unspecified atom stereocenters. The third-order valence-corrected chi connectivity index (χ3v) is 5.64. The molecule has 1 aliphatic heterocycles. The van der Waals surface area contributed by atoms with Crippen LogP contribution in [0.15, 0.2) is 91.0 Å². The Bertz CT molecular complexity index is 1170. The molecule has 0 bridgehead atoms. The Hall–Kier alpha value is -3.66. The van der Waals surface area contributed by atoms with Crippen molar-refractivity contribution in [1.82, 2.24) is 9.88 Å². The minimum absolute atomic E-state index is 0.0724. The highest BCUT2D eigenvalue weighted by molar-refractivity contribution is 6.07. The second kappa shape index (κ2) is 7.99. The lowest BCUT2D eigenvalue weighted by Crippen LogP contribution is -2.31. The van der Waals surface area contributed by atoms with Crippen molar-refractivity contribution in [2.75, 3.05) is 18.4 Å². The molecule has 0 aliphatic carbocycles. The van der Waals surface area contributed by atoms with Gasteiger partial charge in [-0.2, -0.15) is 0 Å². The van der Waals surface area contributed by atoms with Gasteiger partial charge in [-0.15, -0.1) is 0 Å². The van der Waals surface area contributed by atoms with Gasteiger partial charge in [-0.25, -0.2) is 4.98 Å². The van der Waals surface area contributed by atoms with Gasteiger partial charge in [-0.3, -0.25) is 4.79 Å². The monoisotopic (exact) mass is 393 g/mol. The van der Waals surface area contributed by atoms with Crippen LogP contribution in [0.3, 0.4) is 0 Å². The van der Waals surface area contributed by atoms with Gasteiger partial charge in [0.25, 0.3) is 5.91 Å². The number of rotatable bonds is 4. The quantitative estimate of drug-likeness (QED) is 0.516. The molecule has 5 rings (SSSR count). The summed E-state index contributed by atoms with van der Waals surface area (Å²) in [6.07, 6.45) is 0.940. The van der Waals surface area contributed by atoms with E-state index in [1.165, 1.54) is 0 Å². The van der Waals surface area contributed by atoms with Gasteiger partial charge in [0.15, 0.2) is 0 Å². The van der Waals surface area contributed by atoms with Crippen LogP contribution >= 0.6 is 0 Å². The number of fused-ring (bicyclic) bond motifs is 1. The number of benzene rings is 3. The summed E-state index contributed by atoms with van der Waals surface area (Å²) in [7, 11) is 0. The van der Waals surface area contributed by atoms with Crippen LogP contribution in [-0.2, 0) is 0 Å². The number of nitrogens with zero attached hydrogens (tertiary/aromatic N) is 2. The van der Waals surface area contributed by atoms with Crippen molar-refractivity contribution < 1.29 is 4.79 Å². The Kier molecular flexibility index (Phi) is 4.89. The van der Waals surface area contributed by atoms with Gasteiger partial charge in [0, 0.05) is 35.8 Å². The number of amides is 1. The minimum atomic E-state index is 0.0724. The first kappa shape index (κ1) is 18.4. The topological polar surface area (TPSA) is 45.2 Å². The summed E-state index contributed by atoms with van der Waals surface area (Å²) in [5.74, 6) is 0.0724. The van der Waals surface area contributed by atoms with Gasteiger partial charge in [0.1, 0.15) is 0 Å². The predicted molar refractivity (Wildman–Crippen MR) is 122 cm³/mol. The van der Waals surface area contributed by atoms with E-state index in [4.69, 9.17) is 4.98 Å². The van der Waals surface area contributed by atoms with Crippen molar-refractivity contribution >= 4 is 22.5 Å². The fourth-order valence-corrected chi connectivity index (χ4v) is 4.11. The third-order valence-electron chi connectivity index (χ3n) is 5.64. The van der Waals surface area contributed by atoms with E-state index in [1.54, 1.807) is 0 Å². The first-order chi connectivity index (χ1) is 14.8. The molecule has 2 heterocycles. The number of hydrogen-bond donors (Lipinski definition) is 1. The van der Waals surface area contributed by atoms with E-state index in [0.29, 0.717) is 6.54 Å². The molecule has 0 spiro atoms. The van der Waals surface area contributed by atoms with Gasteiger partial charge in [0.05, 0.1) is 16.8 Å². The van der Waals surface area contributed by atoms with E-state index in [1.807, 2.05) is 83.8 Å². The number of pyridine rings is 1. The average Bonchev–Trinajstić information content (AvgIpc) is 3.27. The zero-order valence-corrected chi connectivity index (χ0v) is 16.7. The summed E-state index contributed by atoms with van der Waals surface area (Å²) in [5.41, 5.74) is 4.51. The van der Waals surface area contributed by atoms with Crippen molar-refractivity contribution in [3.8, 4) is 11.3 Å². The number of carbonyl (C=O) groups excluding carboxylic acids is 1. The molecule has 0 saturated carbocycles. The van der Waals surface area contributed by atoms with Crippen LogP contribution in [0.4, 0.5) is 5.69 Å². The lowest BCUT2D eigenvalue weighted by Gasteiger charge is -2.19. The van der Waals surface area contributed by atoms with Crippen molar-refractivity contribution in [2.45, 2.75) is 12.5 Å². The summed E-state index contributed by atoms with van der Waals surface area (Å²) in [6, 6.07) is 30.3. The lowest BCUT2D eigenvalue weighted by molar-refractivity contribution is 0.0793. The molecule has 1 aromatic heterocycles. The van der Waals surface area contributed by atoms with Crippen molar-refractivity contribution in [3.05, 3.63) is 96.6 Å². The largest absolute Gasteiger partial charge is 0.380 e. The number of nitrogens with one attached hydrogen (secondary N) is 1. The zero-order valence-electron chi connectivity index (χ0n) is 16.7. The van der Waals surface area contributed by atoms with E-state index in [2.05, 4.69) is 17.4 Å². The molecule has 148 valence electrons. The predicted octanol–water partition coefficient (Wildman–Crippen LogP) is 5.23. The Balaban J connectivity index is 1.44. The molecule has 30 heavy (non-hydrogen) atoms. The summed E-state index contributed by atoms with van der Waals surface area (Å²) in [5, 5.41) is 4.45. The lowest BCUT2D eigenvalue weighted by atomic mass is 10.0. The molecule has 1 fully saturated rings. The van der Waals surface area contributed by atoms with E-state index >= 15 is 0 Å². The van der Waals surface area contributed by atoms with Gasteiger partial charge in [0.2, 0.25) is 0 Å². The smallest absolute Gasteiger partial charge is 0.254 e. The third kappa shape index (κ3) is 3.64. The number of aromatic nitrogens is 1. The van der Waals surface area contributed by atoms with Crippen LogP contribution in [0.1, 0.15) is 16.8 Å². The van der Waals surface area contributed by atoms with Crippen LogP contribution in [-0.4, -0.2) is 34.9 Å². The zero-order chi connectivity index (χ0) is 20.3. The van der Waals surface area contributed by atoms with Crippen molar-refractivity contribution in [1.29, 1.82) is 0 Å². The fourth-order valence-electron chi connectivity index (χ4n) is 4.11. The molecule has 1 saturated heterocycles. The highest BCUT2D eigenvalue weighted by atomic mass is 16.2. The standard InChI is InChI=1S/C26H23N3O/c30-26(29-16-15-21(18-29)27-20-11-5-2-6-12-20)23-17-25(19-9-3-1-4-10-19)28-24-14-8-7-13-22(23)24/h1-14,17,21,27H,15-16,18H2. The van der Waals surface area contributed by atoms with Crippen LogP contribution in [0.2, 0.25) is 0 Å². The molecule has 1 N–H and O–H groups in total. The van der Waals surface area contributed by atoms with E-state index < -0.39 is 0 Å². The van der Waals surface area contributed by atoms with Crippen molar-refractivity contribution in [2.24, 2.45) is 0 Å². The molecule has 4 heteroatoms. The maximum atomic E-state index is 13.5.